The molecule has 2 unspecified atom stereocenters. The highest BCUT2D eigenvalue weighted by atomic mass is 16.2. The number of ketones is 1. The van der Waals surface area contributed by atoms with Gasteiger partial charge in [-0.2, -0.15) is 5.10 Å². The fraction of sp³-hybridized carbons (Fsp3) is 0.367. The maximum atomic E-state index is 13.8. The van der Waals surface area contributed by atoms with Crippen molar-refractivity contribution < 1.29 is 14.4 Å². The molecule has 10 heteroatoms. The van der Waals surface area contributed by atoms with E-state index in [1.807, 2.05) is 51.1 Å². The van der Waals surface area contributed by atoms with Crippen LogP contribution >= 0.6 is 0 Å². The number of carbonyl (C=O) groups is 3. The number of anilines is 1. The Morgan fingerprint density at radius 1 is 1.00 bits per heavy atom. The smallest absolute Gasteiger partial charge is 0.248 e. The van der Waals surface area contributed by atoms with Gasteiger partial charge in [-0.05, 0) is 75.3 Å². The molecule has 2 aliphatic rings. The summed E-state index contributed by atoms with van der Waals surface area (Å²) >= 11 is 0. The fourth-order valence-corrected chi connectivity index (χ4v) is 6.12. The van der Waals surface area contributed by atoms with E-state index >= 15 is 0 Å². The summed E-state index contributed by atoms with van der Waals surface area (Å²) in [5, 5.41) is 8.19. The van der Waals surface area contributed by atoms with Gasteiger partial charge in [-0.3, -0.25) is 19.1 Å². The Morgan fingerprint density at radius 2 is 1.77 bits per heavy atom. The minimum Gasteiger partial charge on any atom is -0.326 e. The molecular weight excluding hydrogens is 506 g/mol. The van der Waals surface area contributed by atoms with Crippen LogP contribution in [0.2, 0.25) is 0 Å². The average molecular weight is 538 g/mol. The lowest BCUT2D eigenvalue weighted by atomic mass is 9.97. The second kappa shape index (κ2) is 9.93. The van der Waals surface area contributed by atoms with E-state index in [0.717, 1.165) is 41.6 Å². The first-order valence-electron chi connectivity index (χ1n) is 13.6. The number of rotatable bonds is 6. The SMILES string of the molecule is CC(=O)c1nn(CC(=O)N2C3CCC(C3)[C@H]2C(=O)Nc2nc(C)ccc2C)c2ccc(-c3cnc(C)nc3)cc12. The van der Waals surface area contributed by atoms with Crippen molar-refractivity contribution in [1.29, 1.82) is 0 Å². The molecule has 0 spiro atoms. The number of carbonyl (C=O) groups excluding carboxylic acids is 3. The number of benzene rings is 1. The molecule has 1 saturated heterocycles. The zero-order valence-corrected chi connectivity index (χ0v) is 23.0. The van der Waals surface area contributed by atoms with Crippen LogP contribution < -0.4 is 5.32 Å². The van der Waals surface area contributed by atoms with Gasteiger partial charge in [0, 0.05) is 42.0 Å². The molecule has 4 heterocycles. The van der Waals surface area contributed by atoms with E-state index in [-0.39, 0.29) is 36.1 Å². The van der Waals surface area contributed by atoms with Gasteiger partial charge < -0.3 is 10.2 Å². The molecule has 10 nitrogen and oxygen atoms in total. The molecule has 3 aromatic heterocycles. The Hall–Kier alpha value is -4.47. The van der Waals surface area contributed by atoms with Gasteiger partial charge >= 0.3 is 0 Å². The minimum atomic E-state index is -0.560. The molecule has 1 aromatic carbocycles. The number of Topliss-reactive ketones (excluding diaryl/α,β-unsaturated/α-hetero) is 1. The van der Waals surface area contributed by atoms with Crippen LogP contribution in [-0.2, 0) is 16.1 Å². The molecular formula is C30H31N7O3. The molecule has 40 heavy (non-hydrogen) atoms. The molecule has 1 saturated carbocycles. The number of nitrogens with zero attached hydrogens (tertiary/aromatic N) is 6. The van der Waals surface area contributed by atoms with Gasteiger partial charge in [-0.1, -0.05) is 12.1 Å². The van der Waals surface area contributed by atoms with Crippen molar-refractivity contribution in [1.82, 2.24) is 29.6 Å². The van der Waals surface area contributed by atoms with E-state index in [1.54, 1.807) is 22.0 Å². The molecule has 1 aliphatic carbocycles. The predicted octanol–water partition coefficient (Wildman–Crippen LogP) is 4.03. The molecule has 204 valence electrons. The van der Waals surface area contributed by atoms with E-state index in [0.29, 0.717) is 28.2 Å². The lowest BCUT2D eigenvalue weighted by Crippen LogP contribution is -2.52. The molecule has 1 N–H and O–H groups in total. The van der Waals surface area contributed by atoms with Crippen molar-refractivity contribution in [3.8, 4) is 11.1 Å². The Bertz CT molecular complexity index is 1660. The minimum absolute atomic E-state index is 0.0158. The normalized spacial score (nSPS) is 19.8. The van der Waals surface area contributed by atoms with Gasteiger partial charge in [0.1, 0.15) is 29.9 Å². The van der Waals surface area contributed by atoms with Gasteiger partial charge in [0.05, 0.1) is 5.52 Å². The topological polar surface area (TPSA) is 123 Å². The molecule has 2 amide bonds. The number of amides is 2. The van der Waals surface area contributed by atoms with E-state index in [4.69, 9.17) is 0 Å². The number of aromatic nitrogens is 5. The highest BCUT2D eigenvalue weighted by Crippen LogP contribution is 2.43. The number of nitrogens with one attached hydrogen (secondary N) is 1. The largest absolute Gasteiger partial charge is 0.326 e. The van der Waals surface area contributed by atoms with E-state index in [9.17, 15) is 14.4 Å². The Balaban J connectivity index is 1.29. The summed E-state index contributed by atoms with van der Waals surface area (Å²) in [7, 11) is 0. The van der Waals surface area contributed by atoms with Crippen LogP contribution in [0, 0.1) is 26.7 Å². The molecule has 2 fully saturated rings. The van der Waals surface area contributed by atoms with E-state index in [1.165, 1.54) is 6.92 Å². The summed E-state index contributed by atoms with van der Waals surface area (Å²) in [5.74, 6) is 0.735. The van der Waals surface area contributed by atoms with Crippen LogP contribution in [-0.4, -0.2) is 59.3 Å². The summed E-state index contributed by atoms with van der Waals surface area (Å²) < 4.78 is 1.58. The Labute approximate surface area is 231 Å². The molecule has 0 radical (unpaired) electrons. The summed E-state index contributed by atoms with van der Waals surface area (Å²) in [6.07, 6.45) is 6.09. The molecule has 2 bridgehead atoms. The third-order valence-corrected chi connectivity index (χ3v) is 8.10. The first-order chi connectivity index (χ1) is 19.2. The third-order valence-electron chi connectivity index (χ3n) is 8.10. The van der Waals surface area contributed by atoms with E-state index < -0.39 is 6.04 Å². The van der Waals surface area contributed by atoms with Crippen molar-refractivity contribution in [3.05, 3.63) is 65.5 Å². The Kier molecular flexibility index (Phi) is 6.40. The quantitative estimate of drug-likeness (QED) is 0.368. The zero-order chi connectivity index (χ0) is 28.1. The molecule has 1 aliphatic heterocycles. The predicted molar refractivity (Wildman–Crippen MR) is 150 cm³/mol. The number of hydrogen-bond donors (Lipinski definition) is 1. The van der Waals surface area contributed by atoms with E-state index in [2.05, 4.69) is 25.4 Å². The average Bonchev–Trinajstić information content (AvgIpc) is 3.64. The van der Waals surface area contributed by atoms with Crippen LogP contribution in [0.4, 0.5) is 5.82 Å². The van der Waals surface area contributed by atoms with Crippen molar-refractivity contribution in [3.63, 3.8) is 0 Å². The van der Waals surface area contributed by atoms with Crippen LogP contribution in [0.5, 0.6) is 0 Å². The summed E-state index contributed by atoms with van der Waals surface area (Å²) in [4.78, 5) is 54.6. The zero-order valence-electron chi connectivity index (χ0n) is 23.0. The first kappa shape index (κ1) is 25.8. The molecule has 3 atom stereocenters. The summed E-state index contributed by atoms with van der Waals surface area (Å²) in [6, 6.07) is 8.95. The standard InChI is InChI=1S/C30H31N7O3/c1-16-5-6-17(2)33-29(16)34-30(40)28-21-7-9-23(11-21)37(28)26(39)15-36-25-10-8-20(22-13-31-19(4)32-14-22)12-24(25)27(35-36)18(3)38/h5-6,8,10,12-14,21,23,28H,7,9,11,15H2,1-4H3,(H,33,34,40)/t21?,23?,28-/m0/s1. The molecule has 4 aromatic rings. The van der Waals surface area contributed by atoms with Gasteiger partial charge in [-0.25, -0.2) is 15.0 Å². The maximum Gasteiger partial charge on any atom is 0.248 e. The van der Waals surface area contributed by atoms with Crippen LogP contribution in [0.15, 0.2) is 42.7 Å². The van der Waals surface area contributed by atoms with Crippen molar-refractivity contribution >= 4 is 34.3 Å². The third kappa shape index (κ3) is 4.53. The second-order valence-corrected chi connectivity index (χ2v) is 10.9. The van der Waals surface area contributed by atoms with Crippen LogP contribution in [0.3, 0.4) is 0 Å². The number of fused-ring (bicyclic) bond motifs is 3. The number of likely N-dealkylation sites (tertiary alicyclic amines) is 1. The lowest BCUT2D eigenvalue weighted by molar-refractivity contribution is -0.141. The van der Waals surface area contributed by atoms with Crippen LogP contribution in [0.1, 0.15) is 53.8 Å². The highest BCUT2D eigenvalue weighted by Gasteiger charge is 2.51. The lowest BCUT2D eigenvalue weighted by Gasteiger charge is -2.34. The van der Waals surface area contributed by atoms with Gasteiger partial charge in [0.2, 0.25) is 11.8 Å². The molecule has 6 rings (SSSR count). The number of pyridine rings is 1. The van der Waals surface area contributed by atoms with Gasteiger partial charge in [-0.15, -0.1) is 0 Å². The van der Waals surface area contributed by atoms with Gasteiger partial charge in [0.15, 0.2) is 5.78 Å². The first-order valence-corrected chi connectivity index (χ1v) is 13.6. The van der Waals surface area contributed by atoms with Crippen molar-refractivity contribution in [2.24, 2.45) is 5.92 Å². The highest BCUT2D eigenvalue weighted by molar-refractivity contribution is 6.06. The monoisotopic (exact) mass is 537 g/mol. The maximum absolute atomic E-state index is 13.8. The second-order valence-electron chi connectivity index (χ2n) is 10.9. The fourth-order valence-electron chi connectivity index (χ4n) is 6.12. The number of hydrogen-bond acceptors (Lipinski definition) is 7. The van der Waals surface area contributed by atoms with Crippen LogP contribution in [0.25, 0.3) is 22.0 Å². The Morgan fingerprint density at radius 3 is 2.52 bits per heavy atom. The summed E-state index contributed by atoms with van der Waals surface area (Å²) in [5.41, 5.74) is 4.35. The number of piperidine rings is 1. The van der Waals surface area contributed by atoms with Gasteiger partial charge in [0.25, 0.3) is 0 Å². The summed E-state index contributed by atoms with van der Waals surface area (Å²) in [6.45, 7) is 7.01. The number of aryl methyl sites for hydroxylation is 3. The van der Waals surface area contributed by atoms with Crippen molar-refractivity contribution in [2.45, 2.75) is 65.6 Å². The van der Waals surface area contributed by atoms with Crippen molar-refractivity contribution in [2.75, 3.05) is 5.32 Å².